The summed E-state index contributed by atoms with van der Waals surface area (Å²) < 4.78 is 13.1. The fourth-order valence-corrected chi connectivity index (χ4v) is 13.4. The van der Waals surface area contributed by atoms with E-state index in [0.29, 0.717) is 22.7 Å². The molecular weight excluding hydrogens is 1180 g/mol. The number of rotatable bonds is 20. The molecule has 0 spiro atoms. The van der Waals surface area contributed by atoms with Crippen LogP contribution in [0.15, 0.2) is 48.5 Å². The van der Waals surface area contributed by atoms with Crippen molar-refractivity contribution in [2.75, 3.05) is 0 Å². The van der Waals surface area contributed by atoms with E-state index in [1.807, 2.05) is 0 Å². The molecule has 8 bridgehead atoms. The van der Waals surface area contributed by atoms with Crippen LogP contribution < -0.4 is 9.47 Å². The smallest absolute Gasteiger partial charge is 0.347 e. The Morgan fingerprint density at radius 1 is 0.381 bits per heavy atom. The number of carboxylic acid groups (broad SMARTS) is 8. The van der Waals surface area contributed by atoms with Crippen LogP contribution in [0.25, 0.3) is 20.0 Å². The molecule has 0 fully saturated rings. The Bertz CT molecular complexity index is 3740. The second-order valence-electron chi connectivity index (χ2n) is 19.3. The minimum Gasteiger partial charge on any atom is -0.507 e. The fourth-order valence-electron chi connectivity index (χ4n) is 9.75. The number of hydrogen-bond donors (Lipinski definition) is 10. The van der Waals surface area contributed by atoms with Gasteiger partial charge in [0.25, 0.3) is 0 Å². The third kappa shape index (κ3) is 13.0. The molecule has 0 amide bonds. The van der Waals surface area contributed by atoms with Gasteiger partial charge in [-0.2, -0.15) is 0 Å². The summed E-state index contributed by atoms with van der Waals surface area (Å²) >= 11 is 2.96. The van der Waals surface area contributed by atoms with Gasteiger partial charge in [0.15, 0.2) is 20.0 Å². The number of benzene rings is 4. The Labute approximate surface area is 488 Å². The number of phenols is 2. The van der Waals surface area contributed by atoms with Crippen LogP contribution in [0, 0.1) is 13.8 Å². The molecule has 0 atom stereocenters. The van der Waals surface area contributed by atoms with Crippen molar-refractivity contribution >= 4 is 93.1 Å². The number of nitrogens with zero attached hydrogens (tertiary/aromatic N) is 4. The molecule has 24 nitrogen and oxygen atoms in total. The molecule has 4 aromatic carbocycles. The van der Waals surface area contributed by atoms with Crippen LogP contribution in [0.1, 0.15) is 128 Å². The van der Waals surface area contributed by atoms with E-state index in [1.54, 1.807) is 0 Å². The maximum Gasteiger partial charge on any atom is 0.347 e. The molecule has 0 saturated carbocycles. The van der Waals surface area contributed by atoms with Crippen LogP contribution in [-0.4, -0.2) is 119 Å². The molecule has 10 N–H and O–H groups in total. The molecule has 0 aliphatic heterocycles. The van der Waals surface area contributed by atoms with Gasteiger partial charge in [-0.3, -0.25) is 19.2 Å². The van der Waals surface area contributed by atoms with Crippen LogP contribution >= 0.6 is 45.3 Å². The van der Waals surface area contributed by atoms with Gasteiger partial charge in [0.2, 0.25) is 0 Å². The molecule has 1 aliphatic rings. The minimum absolute atomic E-state index is 0.0352. The minimum atomic E-state index is -1.42. The fraction of sp³-hybridized carbons (Fsp3) is 0.214. The SMILES string of the molecule is Cc1nc(-c2nc(COc3c4cc(CC(=O)O)cc3Cc3cc(CC(=O)O)cc(c3O)Cc3cc(CC(=O)O)cc(c3OCc3nc(-c5nc(C)c(C(=O)O)s5)sc3C(=O)O)Cc3cc(CC(=O)O)cc(c3O)C4)c(C(=O)O)s2)sc1C(=O)O. The van der Waals surface area contributed by atoms with Gasteiger partial charge >= 0.3 is 47.8 Å². The van der Waals surface area contributed by atoms with E-state index in [-0.39, 0.29) is 166 Å². The van der Waals surface area contributed by atoms with Gasteiger partial charge in [0.1, 0.15) is 67.1 Å². The molecule has 0 saturated heterocycles. The van der Waals surface area contributed by atoms with Crippen molar-refractivity contribution in [3.05, 3.63) is 158 Å². The molecule has 0 radical (unpaired) electrons. The lowest BCUT2D eigenvalue weighted by molar-refractivity contribution is -0.137. The molecule has 0 unspecified atom stereocenters. The molecule has 28 heteroatoms. The topological polar surface area (TPSA) is 409 Å². The Morgan fingerprint density at radius 2 is 0.619 bits per heavy atom. The summed E-state index contributed by atoms with van der Waals surface area (Å²) in [4.78, 5) is 116. The van der Waals surface area contributed by atoms with Crippen LogP contribution in [0.4, 0.5) is 0 Å². The lowest BCUT2D eigenvalue weighted by Crippen LogP contribution is -2.11. The highest BCUT2D eigenvalue weighted by atomic mass is 32.1. The highest BCUT2D eigenvalue weighted by Gasteiger charge is 2.29. The number of aliphatic carboxylic acids is 4. The summed E-state index contributed by atoms with van der Waals surface area (Å²) in [6.45, 7) is 1.74. The van der Waals surface area contributed by atoms with Crippen molar-refractivity contribution < 1.29 is 98.9 Å². The van der Waals surface area contributed by atoms with E-state index in [4.69, 9.17) is 9.47 Å². The van der Waals surface area contributed by atoms with Gasteiger partial charge in [-0.15, -0.1) is 45.3 Å². The third-order valence-corrected chi connectivity index (χ3v) is 17.8. The molecule has 84 heavy (non-hydrogen) atoms. The number of aromatic hydroxyl groups is 2. The summed E-state index contributed by atoms with van der Waals surface area (Å²) in [5, 5.41) is 106. The molecule has 432 valence electrons. The first-order chi connectivity index (χ1) is 39.8. The molecule has 4 heterocycles. The van der Waals surface area contributed by atoms with Crippen molar-refractivity contribution in [2.24, 2.45) is 0 Å². The number of hydrogen-bond acceptors (Lipinski definition) is 20. The Hall–Kier alpha value is -9.64. The van der Waals surface area contributed by atoms with Gasteiger partial charge in [0.05, 0.1) is 37.1 Å². The zero-order chi connectivity index (χ0) is 60.6. The van der Waals surface area contributed by atoms with Gasteiger partial charge in [-0.1, -0.05) is 48.5 Å². The monoisotopic (exact) mass is 1220 g/mol. The first kappa shape index (κ1) is 59.0. The zero-order valence-electron chi connectivity index (χ0n) is 43.7. The van der Waals surface area contributed by atoms with E-state index in [2.05, 4.69) is 19.9 Å². The number of aromatic carboxylic acids is 4. The van der Waals surface area contributed by atoms with Crippen molar-refractivity contribution in [3.8, 4) is 43.0 Å². The highest BCUT2D eigenvalue weighted by molar-refractivity contribution is 7.24. The summed E-state index contributed by atoms with van der Waals surface area (Å²) in [5.41, 5.74) is 1.53. The number of ether oxygens (including phenoxy) is 2. The third-order valence-electron chi connectivity index (χ3n) is 13.0. The van der Waals surface area contributed by atoms with Gasteiger partial charge in [-0.05, 0) is 80.6 Å². The number of aromatic nitrogens is 4. The van der Waals surface area contributed by atoms with Crippen LogP contribution in [-0.2, 0) is 83.8 Å². The Morgan fingerprint density at radius 3 is 0.857 bits per heavy atom. The summed E-state index contributed by atoms with van der Waals surface area (Å²) in [5.74, 6) is -11.3. The summed E-state index contributed by atoms with van der Waals surface area (Å²) in [6, 6.07) is 11.4. The zero-order valence-corrected chi connectivity index (χ0v) is 46.9. The van der Waals surface area contributed by atoms with Crippen molar-refractivity contribution in [1.82, 2.24) is 19.9 Å². The first-order valence-corrected chi connectivity index (χ1v) is 28.0. The number of carboxylic acids is 8. The molecule has 4 aromatic heterocycles. The molecule has 1 aliphatic carbocycles. The Balaban J connectivity index is 1.25. The van der Waals surface area contributed by atoms with E-state index < -0.39 is 98.2 Å². The van der Waals surface area contributed by atoms with Crippen molar-refractivity contribution in [3.63, 3.8) is 0 Å². The number of thiazole rings is 4. The van der Waals surface area contributed by atoms with Crippen molar-refractivity contribution in [1.29, 1.82) is 0 Å². The van der Waals surface area contributed by atoms with Crippen LogP contribution in [0.3, 0.4) is 0 Å². The van der Waals surface area contributed by atoms with E-state index in [1.165, 1.54) is 62.4 Å². The maximum absolute atomic E-state index is 12.8. The number of fused-ring (bicyclic) bond motifs is 8. The van der Waals surface area contributed by atoms with E-state index in [9.17, 15) is 89.4 Å². The highest BCUT2D eigenvalue weighted by Crippen LogP contribution is 2.43. The molecular formula is C56H44N4O20S4. The predicted octanol–water partition coefficient (Wildman–Crippen LogP) is 8.01. The largest absolute Gasteiger partial charge is 0.507 e. The normalized spacial score (nSPS) is 11.9. The van der Waals surface area contributed by atoms with E-state index in [0.717, 1.165) is 22.7 Å². The standard InChI is InChI=1S/C56H44N4O20S4/c1-21-45(53(71)72)81-49(57-21)51-59-35(47(83-51)55(75)76)19-79-43-31-7-25(13-39(65)66)8-32(43)16-28-4-24(12-38(63)64)6-30(42(28)70)18-34-10-26(14-40(67)68)9-33(17-29-5-23(11-37(61)62)3-27(15-31)41(29)69)44(34)80-20-36-48(56(77)78)84-52(60-36)50-58-22(2)46(82-50)54(73)74/h3-10,69-70H,11-20H2,1-2H3,(H,61,62)(H,63,64)(H,65,66)(H,67,68)(H,71,72)(H,73,74)(H,75,76)(H,77,78). The Kier molecular flexibility index (Phi) is 16.9. The first-order valence-electron chi connectivity index (χ1n) is 24.8. The average Bonchev–Trinajstić information content (AvgIpc) is 1.53. The quantitative estimate of drug-likeness (QED) is 0.0345. The predicted molar refractivity (Wildman–Crippen MR) is 298 cm³/mol. The van der Waals surface area contributed by atoms with Crippen molar-refractivity contribution in [2.45, 2.75) is 78.4 Å². The average molecular weight is 1220 g/mol. The lowest BCUT2D eigenvalue weighted by atomic mass is 9.87. The van der Waals surface area contributed by atoms with E-state index >= 15 is 0 Å². The van der Waals surface area contributed by atoms with Gasteiger partial charge < -0.3 is 60.5 Å². The molecule has 8 aromatic rings. The molecule has 9 rings (SSSR count). The number of phenolic OH excluding ortho intramolecular Hbond substituents is 2. The van der Waals surface area contributed by atoms with Gasteiger partial charge in [-0.25, -0.2) is 39.1 Å². The second kappa shape index (κ2) is 24.1. The van der Waals surface area contributed by atoms with Crippen LogP contribution in [0.5, 0.6) is 23.0 Å². The number of carbonyl (C=O) groups is 8. The summed E-state index contributed by atoms with van der Waals surface area (Å²) in [7, 11) is 0. The number of aryl methyl sites for hydroxylation is 2. The second-order valence-corrected chi connectivity index (χ2v) is 23.3. The summed E-state index contributed by atoms with van der Waals surface area (Å²) in [6.07, 6.45) is -3.77. The van der Waals surface area contributed by atoms with Crippen LogP contribution in [0.2, 0.25) is 0 Å². The van der Waals surface area contributed by atoms with Gasteiger partial charge in [0, 0.05) is 25.7 Å². The maximum atomic E-state index is 12.8. The lowest BCUT2D eigenvalue weighted by Gasteiger charge is -2.22.